The summed E-state index contributed by atoms with van der Waals surface area (Å²) in [6.45, 7) is 4.76. The number of aliphatic hydroxyl groups is 1. The molecule has 0 aromatic heterocycles. The molecule has 2 fully saturated rings. The summed E-state index contributed by atoms with van der Waals surface area (Å²) < 4.78 is 0. The third-order valence-electron chi connectivity index (χ3n) is 6.66. The van der Waals surface area contributed by atoms with E-state index in [2.05, 4.69) is 29.2 Å². The van der Waals surface area contributed by atoms with Crippen molar-refractivity contribution >= 4 is 5.91 Å². The minimum absolute atomic E-state index is 0.146. The first-order valence-corrected chi connectivity index (χ1v) is 10.4. The number of aliphatic hydroxyl groups excluding tert-OH is 1. The number of hydrogen-bond acceptors (Lipinski definition) is 3. The van der Waals surface area contributed by atoms with Gasteiger partial charge >= 0.3 is 0 Å². The van der Waals surface area contributed by atoms with E-state index >= 15 is 0 Å². The highest BCUT2D eigenvalue weighted by molar-refractivity contribution is 5.78. The van der Waals surface area contributed by atoms with Gasteiger partial charge in [0.25, 0.3) is 0 Å². The lowest BCUT2D eigenvalue weighted by atomic mass is 9.71. The Kier molecular flexibility index (Phi) is 5.79. The molecule has 4 nitrogen and oxygen atoms in total. The normalized spacial score (nSPS) is 21.9. The van der Waals surface area contributed by atoms with E-state index in [9.17, 15) is 9.90 Å². The minimum atomic E-state index is 0.146. The van der Waals surface area contributed by atoms with Crippen molar-refractivity contribution in [3.63, 3.8) is 0 Å². The maximum atomic E-state index is 12.7. The van der Waals surface area contributed by atoms with E-state index in [-0.39, 0.29) is 17.9 Å². The van der Waals surface area contributed by atoms with Crippen LogP contribution in [0, 0.1) is 11.3 Å². The van der Waals surface area contributed by atoms with Crippen LogP contribution >= 0.6 is 0 Å². The van der Waals surface area contributed by atoms with E-state index in [4.69, 9.17) is 0 Å². The highest BCUT2D eigenvalue weighted by Gasteiger charge is 2.47. The summed E-state index contributed by atoms with van der Waals surface area (Å²) in [6.07, 6.45) is 2.46. The second kappa shape index (κ2) is 8.46. The molecule has 28 heavy (non-hydrogen) atoms. The van der Waals surface area contributed by atoms with Gasteiger partial charge in [-0.05, 0) is 29.4 Å². The molecule has 4 heteroatoms. The Labute approximate surface area is 167 Å². The average molecular weight is 379 g/mol. The van der Waals surface area contributed by atoms with Crippen LogP contribution in [0.25, 0.3) is 0 Å². The largest absolute Gasteiger partial charge is 0.396 e. The molecule has 2 heterocycles. The van der Waals surface area contributed by atoms with Crippen molar-refractivity contribution in [2.75, 3.05) is 32.8 Å². The lowest BCUT2D eigenvalue weighted by Gasteiger charge is -2.42. The van der Waals surface area contributed by atoms with Gasteiger partial charge in [0.05, 0.1) is 6.42 Å². The van der Waals surface area contributed by atoms with Gasteiger partial charge in [-0.15, -0.1) is 0 Å². The first-order valence-electron chi connectivity index (χ1n) is 10.4. The topological polar surface area (TPSA) is 43.8 Å². The summed E-state index contributed by atoms with van der Waals surface area (Å²) in [4.78, 5) is 17.2. The Bertz CT molecular complexity index is 770. The van der Waals surface area contributed by atoms with Crippen LogP contribution in [0.15, 0.2) is 60.7 Å². The van der Waals surface area contributed by atoms with Crippen LogP contribution in [0.5, 0.6) is 0 Å². The fourth-order valence-electron chi connectivity index (χ4n) is 5.01. The number of nitrogens with zero attached hydrogens (tertiary/aromatic N) is 2. The lowest BCUT2D eigenvalue weighted by Crippen LogP contribution is -2.47. The SMILES string of the molecule is O=C(Cc1ccccc1)N1CCC2(CC1)CN(Cc1ccccc1)CC2CO. The van der Waals surface area contributed by atoms with Gasteiger partial charge in [0.2, 0.25) is 5.91 Å². The predicted molar refractivity (Wildman–Crippen MR) is 111 cm³/mol. The molecule has 4 rings (SSSR count). The number of carbonyl (C=O) groups is 1. The zero-order valence-electron chi connectivity index (χ0n) is 16.5. The van der Waals surface area contributed by atoms with Gasteiger partial charge in [-0.1, -0.05) is 60.7 Å². The van der Waals surface area contributed by atoms with Crippen molar-refractivity contribution in [1.29, 1.82) is 0 Å². The van der Waals surface area contributed by atoms with Crippen LogP contribution in [0.1, 0.15) is 24.0 Å². The smallest absolute Gasteiger partial charge is 0.226 e. The first-order chi connectivity index (χ1) is 13.7. The van der Waals surface area contributed by atoms with Gasteiger partial charge in [0, 0.05) is 45.2 Å². The van der Waals surface area contributed by atoms with E-state index in [0.29, 0.717) is 12.3 Å². The molecule has 0 saturated carbocycles. The number of rotatable bonds is 5. The molecule has 148 valence electrons. The monoisotopic (exact) mass is 378 g/mol. The van der Waals surface area contributed by atoms with Crippen LogP contribution < -0.4 is 0 Å². The molecule has 1 unspecified atom stereocenters. The minimum Gasteiger partial charge on any atom is -0.396 e. The van der Waals surface area contributed by atoms with E-state index in [1.807, 2.05) is 41.3 Å². The highest BCUT2D eigenvalue weighted by Crippen LogP contribution is 2.45. The molecular weight excluding hydrogens is 348 g/mol. The number of likely N-dealkylation sites (tertiary alicyclic amines) is 2. The van der Waals surface area contributed by atoms with Crippen LogP contribution in [-0.4, -0.2) is 53.6 Å². The second-order valence-electron chi connectivity index (χ2n) is 8.44. The Balaban J connectivity index is 1.36. The van der Waals surface area contributed by atoms with Crippen molar-refractivity contribution < 1.29 is 9.90 Å². The van der Waals surface area contributed by atoms with Gasteiger partial charge in [-0.2, -0.15) is 0 Å². The number of carbonyl (C=O) groups excluding carboxylic acids is 1. The van der Waals surface area contributed by atoms with E-state index in [1.165, 1.54) is 5.56 Å². The third kappa shape index (κ3) is 4.13. The molecule has 2 aliphatic rings. The van der Waals surface area contributed by atoms with Gasteiger partial charge < -0.3 is 10.0 Å². The summed E-state index contributed by atoms with van der Waals surface area (Å²) in [5.41, 5.74) is 2.55. The summed E-state index contributed by atoms with van der Waals surface area (Å²) in [6, 6.07) is 20.5. The quantitative estimate of drug-likeness (QED) is 0.870. The Morgan fingerprint density at radius 1 is 0.964 bits per heavy atom. The zero-order chi connectivity index (χ0) is 19.4. The second-order valence-corrected chi connectivity index (χ2v) is 8.44. The molecule has 0 aliphatic carbocycles. The van der Waals surface area contributed by atoms with Crippen molar-refractivity contribution in [1.82, 2.24) is 9.80 Å². The summed E-state index contributed by atoms with van der Waals surface area (Å²) in [5.74, 6) is 0.531. The molecule has 2 aromatic rings. The Hall–Kier alpha value is -2.17. The standard InChI is InChI=1S/C24H30N2O2/c27-18-22-17-25(16-21-9-5-2-6-10-21)19-24(22)11-13-26(14-12-24)23(28)15-20-7-3-1-4-8-20/h1-10,22,27H,11-19H2. The predicted octanol–water partition coefficient (Wildman–Crippen LogP) is 2.96. The molecule has 2 aromatic carbocycles. The van der Waals surface area contributed by atoms with E-state index < -0.39 is 0 Å². The fourth-order valence-corrected chi connectivity index (χ4v) is 5.01. The number of benzene rings is 2. The van der Waals surface area contributed by atoms with E-state index in [1.54, 1.807) is 0 Å². The molecular formula is C24H30N2O2. The maximum Gasteiger partial charge on any atom is 0.226 e. The van der Waals surface area contributed by atoms with Crippen molar-refractivity contribution in [3.8, 4) is 0 Å². The van der Waals surface area contributed by atoms with Crippen LogP contribution in [0.4, 0.5) is 0 Å². The van der Waals surface area contributed by atoms with Gasteiger partial charge in [0.15, 0.2) is 0 Å². The van der Waals surface area contributed by atoms with Crippen LogP contribution in [0.2, 0.25) is 0 Å². The maximum absolute atomic E-state index is 12.7. The van der Waals surface area contributed by atoms with Gasteiger partial charge in [0.1, 0.15) is 0 Å². The van der Waals surface area contributed by atoms with Gasteiger partial charge in [-0.25, -0.2) is 0 Å². The molecule has 1 amide bonds. The van der Waals surface area contributed by atoms with Crippen molar-refractivity contribution in [3.05, 3.63) is 71.8 Å². The lowest BCUT2D eigenvalue weighted by molar-refractivity contribution is -0.133. The summed E-state index contributed by atoms with van der Waals surface area (Å²) >= 11 is 0. The molecule has 1 spiro atoms. The molecule has 1 atom stereocenters. The number of amides is 1. The molecule has 2 aliphatic heterocycles. The number of piperidine rings is 1. The Morgan fingerprint density at radius 2 is 1.57 bits per heavy atom. The van der Waals surface area contributed by atoms with Crippen molar-refractivity contribution in [2.24, 2.45) is 11.3 Å². The van der Waals surface area contributed by atoms with Crippen molar-refractivity contribution in [2.45, 2.75) is 25.8 Å². The van der Waals surface area contributed by atoms with Crippen LogP contribution in [-0.2, 0) is 17.8 Å². The Morgan fingerprint density at radius 3 is 2.18 bits per heavy atom. The highest BCUT2D eigenvalue weighted by atomic mass is 16.3. The molecule has 2 saturated heterocycles. The molecule has 0 bridgehead atoms. The van der Waals surface area contributed by atoms with Crippen LogP contribution in [0.3, 0.4) is 0 Å². The number of hydrogen-bond donors (Lipinski definition) is 1. The summed E-state index contributed by atoms with van der Waals surface area (Å²) in [7, 11) is 0. The fraction of sp³-hybridized carbons (Fsp3) is 0.458. The first kappa shape index (κ1) is 19.2. The zero-order valence-corrected chi connectivity index (χ0v) is 16.5. The van der Waals surface area contributed by atoms with Gasteiger partial charge in [-0.3, -0.25) is 9.69 Å². The third-order valence-corrected chi connectivity index (χ3v) is 6.66. The summed E-state index contributed by atoms with van der Waals surface area (Å²) in [5, 5.41) is 10.0. The average Bonchev–Trinajstić information content (AvgIpc) is 3.06. The molecule has 0 radical (unpaired) electrons. The van der Waals surface area contributed by atoms with E-state index in [0.717, 1.165) is 51.1 Å². The molecule has 1 N–H and O–H groups in total.